The Bertz CT molecular complexity index is 1870. The minimum atomic E-state index is -1.12. The van der Waals surface area contributed by atoms with E-state index in [0.29, 0.717) is 44.3 Å². The third-order valence-electron chi connectivity index (χ3n) is 9.92. The summed E-state index contributed by atoms with van der Waals surface area (Å²) >= 11 is 21.2. The second kappa shape index (κ2) is 16.7. The number of fused-ring (bicyclic) bond motifs is 1. The number of hydrogen-bond acceptors (Lipinski definition) is 5. The predicted octanol–water partition coefficient (Wildman–Crippen LogP) is 10.7. The summed E-state index contributed by atoms with van der Waals surface area (Å²) in [4.78, 5) is 0. The van der Waals surface area contributed by atoms with E-state index >= 15 is 0 Å². The van der Waals surface area contributed by atoms with Crippen LogP contribution in [0.2, 0.25) is 5.02 Å². The van der Waals surface area contributed by atoms with E-state index in [9.17, 15) is 0 Å². The predicted molar refractivity (Wildman–Crippen MR) is 207 cm³/mol. The number of alkyl halides is 2. The van der Waals surface area contributed by atoms with Crippen LogP contribution in [0.5, 0.6) is 5.75 Å². The molecule has 5 atom stereocenters. The van der Waals surface area contributed by atoms with Crippen LogP contribution in [0.25, 0.3) is 0 Å². The van der Waals surface area contributed by atoms with Crippen LogP contribution in [0.4, 0.5) is 0 Å². The van der Waals surface area contributed by atoms with Gasteiger partial charge in [-0.2, -0.15) is 0 Å². The van der Waals surface area contributed by atoms with Gasteiger partial charge in [0.25, 0.3) is 0 Å². The van der Waals surface area contributed by atoms with Crippen LogP contribution in [0.15, 0.2) is 133 Å². The van der Waals surface area contributed by atoms with E-state index < -0.39 is 34.2 Å². The van der Waals surface area contributed by atoms with E-state index in [1.807, 2.05) is 110 Å². The van der Waals surface area contributed by atoms with Crippen molar-refractivity contribution >= 4 is 34.8 Å². The normalized spacial score (nSPS) is 23.4. The van der Waals surface area contributed by atoms with Gasteiger partial charge in [-0.1, -0.05) is 127 Å². The smallest absolute Gasteiger partial charge is 0.129 e. The third-order valence-corrected chi connectivity index (χ3v) is 11.0. The van der Waals surface area contributed by atoms with Crippen molar-refractivity contribution in [3.63, 3.8) is 0 Å². The number of halogens is 3. The first-order valence-corrected chi connectivity index (χ1v) is 19.0. The molecule has 1 saturated carbocycles. The summed E-state index contributed by atoms with van der Waals surface area (Å²) in [6.45, 7) is 4.02. The summed E-state index contributed by atoms with van der Waals surface area (Å²) in [5.41, 5.74) is 5.34. The maximum Gasteiger partial charge on any atom is 0.129 e. The monoisotopic (exact) mass is 756 g/mol. The molecule has 5 unspecified atom stereocenters. The highest BCUT2D eigenvalue weighted by Gasteiger charge is 2.71. The average molecular weight is 758 g/mol. The number of hydrogen-bond donors (Lipinski definition) is 0. The van der Waals surface area contributed by atoms with E-state index in [2.05, 4.69) is 30.3 Å². The lowest BCUT2D eigenvalue weighted by molar-refractivity contribution is -0.323. The van der Waals surface area contributed by atoms with Gasteiger partial charge in [0.2, 0.25) is 0 Å². The lowest BCUT2D eigenvalue weighted by Gasteiger charge is -2.64. The van der Waals surface area contributed by atoms with Crippen LogP contribution < -0.4 is 4.74 Å². The molecule has 7 rings (SSSR count). The Morgan fingerprint density at radius 2 is 1.25 bits per heavy atom. The summed E-state index contributed by atoms with van der Waals surface area (Å²) in [5, 5.41) is 0.676. The molecule has 5 aromatic rings. The van der Waals surface area contributed by atoms with Crippen molar-refractivity contribution in [3.8, 4) is 5.75 Å². The van der Waals surface area contributed by atoms with Crippen molar-refractivity contribution < 1.29 is 23.7 Å². The molecule has 1 saturated heterocycles. The van der Waals surface area contributed by atoms with Gasteiger partial charge in [-0.15, -0.1) is 23.2 Å². The van der Waals surface area contributed by atoms with Crippen LogP contribution in [0.1, 0.15) is 52.8 Å². The van der Waals surface area contributed by atoms with Crippen molar-refractivity contribution in [2.75, 3.05) is 13.2 Å². The fraction of sp³-hybridized carbons (Fsp3) is 0.318. The minimum absolute atomic E-state index is 0.285. The number of rotatable bonds is 15. The molecule has 1 heterocycles. The zero-order chi connectivity index (χ0) is 36.0. The molecule has 8 heteroatoms. The summed E-state index contributed by atoms with van der Waals surface area (Å²) < 4.78 is 32.0. The fourth-order valence-electron chi connectivity index (χ4n) is 7.46. The van der Waals surface area contributed by atoms with Crippen LogP contribution in [0, 0.1) is 5.92 Å². The Hall–Kier alpha value is -3.39. The van der Waals surface area contributed by atoms with Crippen molar-refractivity contribution in [1.29, 1.82) is 0 Å². The summed E-state index contributed by atoms with van der Waals surface area (Å²) in [7, 11) is 0. The molecule has 0 radical (unpaired) electrons. The molecule has 2 aliphatic rings. The molecule has 0 N–H and O–H groups in total. The average Bonchev–Trinajstić information content (AvgIpc) is 3.16. The Morgan fingerprint density at radius 3 is 1.83 bits per heavy atom. The molecule has 52 heavy (non-hydrogen) atoms. The van der Waals surface area contributed by atoms with Crippen molar-refractivity contribution in [2.24, 2.45) is 5.92 Å². The third kappa shape index (κ3) is 8.53. The molecule has 0 amide bonds. The molecule has 5 aromatic carbocycles. The van der Waals surface area contributed by atoms with Crippen LogP contribution >= 0.6 is 34.8 Å². The minimum Gasteiger partial charge on any atom is -0.494 e. The molecule has 5 nitrogen and oxygen atoms in total. The first-order chi connectivity index (χ1) is 25.3. The molecule has 2 fully saturated rings. The second-order valence-corrected chi connectivity index (χ2v) is 15.6. The highest BCUT2D eigenvalue weighted by atomic mass is 35.5. The van der Waals surface area contributed by atoms with Gasteiger partial charge in [-0.25, -0.2) is 0 Å². The SMILES string of the molecule is CCOc1ccc(Cc2cc(C3OC4(COCc5ccccc5)CC(Cl)(Cl)C4C(OCc4ccccc4)C3OCc3ccccc3)ccc2Cl)cc1. The Labute approximate surface area is 321 Å². The van der Waals surface area contributed by atoms with Gasteiger partial charge >= 0.3 is 0 Å². The molecule has 0 aromatic heterocycles. The Kier molecular flexibility index (Phi) is 11.9. The summed E-state index contributed by atoms with van der Waals surface area (Å²) in [6, 6.07) is 44.5. The van der Waals surface area contributed by atoms with Gasteiger partial charge in [0, 0.05) is 11.4 Å². The quantitative estimate of drug-likeness (QED) is 0.0996. The highest BCUT2D eigenvalue weighted by Crippen LogP contribution is 2.64. The summed E-state index contributed by atoms with van der Waals surface area (Å²) in [6.07, 6.45) is -0.621. The lowest BCUT2D eigenvalue weighted by Crippen LogP contribution is -2.74. The van der Waals surface area contributed by atoms with Gasteiger partial charge in [0.05, 0.1) is 45.1 Å². The van der Waals surface area contributed by atoms with Gasteiger partial charge in [0.15, 0.2) is 0 Å². The zero-order valence-corrected chi connectivity index (χ0v) is 31.4. The van der Waals surface area contributed by atoms with Crippen molar-refractivity contribution in [2.45, 2.75) is 67.8 Å². The number of ether oxygens (including phenoxy) is 5. The van der Waals surface area contributed by atoms with Crippen LogP contribution in [-0.4, -0.2) is 35.4 Å². The van der Waals surface area contributed by atoms with E-state index in [1.54, 1.807) is 0 Å². The molecular formula is C44H43Cl3O5. The Morgan fingerprint density at radius 1 is 0.673 bits per heavy atom. The maximum atomic E-state index is 7.25. The van der Waals surface area contributed by atoms with Crippen LogP contribution in [-0.2, 0) is 45.2 Å². The fourth-order valence-corrected chi connectivity index (χ4v) is 8.74. The van der Waals surface area contributed by atoms with Gasteiger partial charge in [-0.3, -0.25) is 0 Å². The maximum absolute atomic E-state index is 7.25. The zero-order valence-electron chi connectivity index (χ0n) is 29.1. The molecule has 0 bridgehead atoms. The highest BCUT2D eigenvalue weighted by molar-refractivity contribution is 6.49. The second-order valence-electron chi connectivity index (χ2n) is 13.6. The van der Waals surface area contributed by atoms with Gasteiger partial charge < -0.3 is 23.7 Å². The topological polar surface area (TPSA) is 46.2 Å². The molecule has 1 aliphatic carbocycles. The molecular weight excluding hydrogens is 715 g/mol. The molecule has 1 aliphatic heterocycles. The number of benzene rings is 5. The van der Waals surface area contributed by atoms with Crippen LogP contribution in [0.3, 0.4) is 0 Å². The van der Waals surface area contributed by atoms with E-state index in [-0.39, 0.29) is 6.61 Å². The van der Waals surface area contributed by atoms with Crippen molar-refractivity contribution in [1.82, 2.24) is 0 Å². The van der Waals surface area contributed by atoms with Gasteiger partial charge in [0.1, 0.15) is 27.9 Å². The van der Waals surface area contributed by atoms with E-state index in [0.717, 1.165) is 39.1 Å². The van der Waals surface area contributed by atoms with E-state index in [1.165, 1.54) is 0 Å². The standard InChI is InChI=1S/C44H43Cl3O5/c1-2-49-37-21-18-31(19-22-37)24-36-25-35(20-23-38(36)45)39-40(50-27-33-14-8-4-9-15-33)41(51-28-34-16-10-5-11-17-34)42-43(52-39,29-44(42,46)47)30-48-26-32-12-6-3-7-13-32/h3-23,25,39-42H,2,24,26-30H2,1H3. The molecule has 270 valence electrons. The first kappa shape index (κ1) is 36.9. The first-order valence-electron chi connectivity index (χ1n) is 17.8. The van der Waals surface area contributed by atoms with Gasteiger partial charge in [-0.05, 0) is 64.9 Å². The van der Waals surface area contributed by atoms with Crippen molar-refractivity contribution in [3.05, 3.63) is 172 Å². The Balaban J connectivity index is 1.25. The lowest BCUT2D eigenvalue weighted by atomic mass is 9.62. The summed E-state index contributed by atoms with van der Waals surface area (Å²) in [5.74, 6) is 0.404. The molecule has 0 spiro atoms. The largest absolute Gasteiger partial charge is 0.494 e. The van der Waals surface area contributed by atoms with E-state index in [4.69, 9.17) is 58.5 Å².